The summed E-state index contributed by atoms with van der Waals surface area (Å²) in [4.78, 5) is 15.8. The normalized spacial score (nSPS) is 14.1. The molecule has 0 radical (unpaired) electrons. The van der Waals surface area contributed by atoms with Gasteiger partial charge in [0.25, 0.3) is 15.9 Å². The molecule has 13 heteroatoms. The van der Waals surface area contributed by atoms with Gasteiger partial charge in [-0.3, -0.25) is 4.79 Å². The van der Waals surface area contributed by atoms with Gasteiger partial charge in [-0.1, -0.05) is 30.9 Å². The van der Waals surface area contributed by atoms with Crippen molar-refractivity contribution < 1.29 is 35.8 Å². The SMILES string of the molecule is COCCOCCOc1cc(C(=O)NS(=O)(=O)c2ccccc2S(N)(=O)=O)cnc1C#CC1CCCC1. The van der Waals surface area contributed by atoms with E-state index in [-0.39, 0.29) is 30.4 Å². The quantitative estimate of drug-likeness (QED) is 0.310. The largest absolute Gasteiger partial charge is 0.488 e. The number of nitrogens with two attached hydrogens (primary N) is 1. The lowest BCUT2D eigenvalue weighted by molar-refractivity contribution is 0.0543. The lowest BCUT2D eigenvalue weighted by Gasteiger charge is -2.12. The highest BCUT2D eigenvalue weighted by Gasteiger charge is 2.26. The number of primary sulfonamides is 1. The summed E-state index contributed by atoms with van der Waals surface area (Å²) in [5, 5.41) is 5.13. The number of nitrogens with zero attached hydrogens (tertiary/aromatic N) is 1. The molecule has 200 valence electrons. The molecule has 2 aromatic rings. The standard InChI is InChI=1S/C24H29N3O8S2/c1-33-12-13-34-14-15-35-21-16-19(17-26-20(21)11-10-18-6-2-3-7-18)24(28)27-37(31,32)23-9-5-4-8-22(23)36(25,29)30/h4-5,8-9,16-18H,2-3,6-7,12-15H2,1H3,(H,27,28)(H2,25,29,30). The van der Waals surface area contributed by atoms with Gasteiger partial charge >= 0.3 is 0 Å². The van der Waals surface area contributed by atoms with Gasteiger partial charge in [-0.15, -0.1) is 0 Å². The zero-order valence-corrected chi connectivity index (χ0v) is 21.9. The third kappa shape index (κ3) is 8.24. The Kier molecular flexibility index (Phi) is 10.0. The molecule has 11 nitrogen and oxygen atoms in total. The Morgan fingerprint density at radius 1 is 1.08 bits per heavy atom. The van der Waals surface area contributed by atoms with Gasteiger partial charge in [-0.2, -0.15) is 0 Å². The highest BCUT2D eigenvalue weighted by Crippen LogP contribution is 2.25. The molecule has 0 bridgehead atoms. The van der Waals surface area contributed by atoms with Crippen molar-refractivity contribution in [3.8, 4) is 17.6 Å². The van der Waals surface area contributed by atoms with Crippen molar-refractivity contribution in [1.29, 1.82) is 0 Å². The molecule has 1 heterocycles. The third-order valence-corrected chi connectivity index (χ3v) is 7.94. The number of methoxy groups -OCH3 is 1. The molecule has 1 aliphatic carbocycles. The fourth-order valence-electron chi connectivity index (χ4n) is 3.61. The van der Waals surface area contributed by atoms with Gasteiger partial charge in [-0.05, 0) is 37.0 Å². The van der Waals surface area contributed by atoms with Crippen LogP contribution >= 0.6 is 0 Å². The number of pyridine rings is 1. The molecule has 0 unspecified atom stereocenters. The molecule has 0 aliphatic heterocycles. The monoisotopic (exact) mass is 551 g/mol. The number of nitrogens with one attached hydrogen (secondary N) is 1. The zero-order chi connectivity index (χ0) is 26.9. The zero-order valence-electron chi connectivity index (χ0n) is 20.3. The summed E-state index contributed by atoms with van der Waals surface area (Å²) in [7, 11) is -7.38. The Morgan fingerprint density at radius 3 is 2.43 bits per heavy atom. The van der Waals surface area contributed by atoms with Crippen LogP contribution in [0.15, 0.2) is 46.3 Å². The second-order valence-corrected chi connectivity index (χ2v) is 11.4. The molecule has 1 aromatic heterocycles. The van der Waals surface area contributed by atoms with E-state index in [1.165, 1.54) is 24.4 Å². The van der Waals surface area contributed by atoms with E-state index in [0.29, 0.717) is 18.9 Å². The second-order valence-electron chi connectivity index (χ2n) is 8.20. The molecule has 1 aromatic carbocycles. The number of amides is 1. The van der Waals surface area contributed by atoms with E-state index < -0.39 is 35.7 Å². The van der Waals surface area contributed by atoms with Crippen molar-refractivity contribution in [1.82, 2.24) is 9.71 Å². The maximum Gasteiger partial charge on any atom is 0.266 e. The molecular weight excluding hydrogens is 522 g/mol. The molecule has 1 aliphatic rings. The van der Waals surface area contributed by atoms with Gasteiger partial charge in [0.1, 0.15) is 16.4 Å². The number of hydrogen-bond acceptors (Lipinski definition) is 9. The second kappa shape index (κ2) is 13.0. The minimum Gasteiger partial charge on any atom is -0.488 e. The Labute approximate surface area is 216 Å². The molecule has 3 rings (SSSR count). The molecule has 1 amide bonds. The van der Waals surface area contributed by atoms with E-state index in [1.807, 2.05) is 4.72 Å². The van der Waals surface area contributed by atoms with E-state index in [4.69, 9.17) is 19.3 Å². The first-order chi connectivity index (χ1) is 17.6. The molecule has 1 saturated carbocycles. The Bertz CT molecular complexity index is 1380. The number of hydrogen-bond donors (Lipinski definition) is 2. The van der Waals surface area contributed by atoms with Crippen LogP contribution in [0.1, 0.15) is 41.7 Å². The van der Waals surface area contributed by atoms with E-state index >= 15 is 0 Å². The van der Waals surface area contributed by atoms with Crippen LogP contribution in [-0.2, 0) is 29.5 Å². The van der Waals surface area contributed by atoms with Crippen molar-refractivity contribution in [3.05, 3.63) is 47.8 Å². The number of aromatic nitrogens is 1. The van der Waals surface area contributed by atoms with Gasteiger partial charge in [0.15, 0.2) is 11.4 Å². The van der Waals surface area contributed by atoms with Gasteiger partial charge < -0.3 is 14.2 Å². The summed E-state index contributed by atoms with van der Waals surface area (Å²) in [6.45, 7) is 1.19. The Morgan fingerprint density at radius 2 is 1.76 bits per heavy atom. The van der Waals surface area contributed by atoms with Crippen LogP contribution in [-0.4, -0.2) is 61.3 Å². The average Bonchev–Trinajstić information content (AvgIpc) is 3.38. The topological polar surface area (TPSA) is 164 Å². The lowest BCUT2D eigenvalue weighted by atomic mass is 10.1. The van der Waals surface area contributed by atoms with E-state index in [0.717, 1.165) is 37.8 Å². The number of benzene rings is 1. The summed E-state index contributed by atoms with van der Waals surface area (Å²) in [5.41, 5.74) is 0.182. The highest BCUT2D eigenvalue weighted by molar-refractivity contribution is 7.92. The smallest absolute Gasteiger partial charge is 0.266 e. The average molecular weight is 552 g/mol. The van der Waals surface area contributed by atoms with Crippen LogP contribution < -0.4 is 14.6 Å². The number of carbonyl (C=O) groups is 1. The molecule has 0 saturated heterocycles. The highest BCUT2D eigenvalue weighted by atomic mass is 32.2. The first-order valence-electron chi connectivity index (χ1n) is 11.5. The van der Waals surface area contributed by atoms with Crippen LogP contribution in [0.5, 0.6) is 5.75 Å². The third-order valence-electron chi connectivity index (χ3n) is 5.45. The first kappa shape index (κ1) is 28.5. The van der Waals surface area contributed by atoms with Crippen molar-refractivity contribution in [2.45, 2.75) is 35.5 Å². The van der Waals surface area contributed by atoms with E-state index in [1.54, 1.807) is 7.11 Å². The molecule has 1 fully saturated rings. The van der Waals surface area contributed by atoms with Gasteiger partial charge in [0.2, 0.25) is 10.0 Å². The predicted molar refractivity (Wildman–Crippen MR) is 134 cm³/mol. The van der Waals surface area contributed by atoms with Crippen LogP contribution in [0.4, 0.5) is 0 Å². The van der Waals surface area contributed by atoms with Gasteiger partial charge in [0, 0.05) is 19.2 Å². The maximum atomic E-state index is 12.8. The van der Waals surface area contributed by atoms with Crippen LogP contribution in [0, 0.1) is 17.8 Å². The summed E-state index contributed by atoms with van der Waals surface area (Å²) >= 11 is 0. The summed E-state index contributed by atoms with van der Waals surface area (Å²) < 4.78 is 67.2. The number of sulfonamides is 2. The summed E-state index contributed by atoms with van der Waals surface area (Å²) in [5.74, 6) is 5.60. The molecule has 37 heavy (non-hydrogen) atoms. The van der Waals surface area contributed by atoms with Crippen LogP contribution in [0.3, 0.4) is 0 Å². The van der Waals surface area contributed by atoms with Crippen molar-refractivity contribution in [2.24, 2.45) is 11.1 Å². The number of carbonyl (C=O) groups excluding carboxylic acids is 1. The molecule has 3 N–H and O–H groups in total. The lowest BCUT2D eigenvalue weighted by Crippen LogP contribution is -2.32. The van der Waals surface area contributed by atoms with E-state index in [2.05, 4.69) is 16.8 Å². The fourth-order valence-corrected chi connectivity index (χ4v) is 5.97. The molecule has 0 atom stereocenters. The van der Waals surface area contributed by atoms with Crippen LogP contribution in [0.2, 0.25) is 0 Å². The molecular formula is C24H29N3O8S2. The fraction of sp³-hybridized carbons (Fsp3) is 0.417. The minimum atomic E-state index is -4.58. The maximum absolute atomic E-state index is 12.8. The molecule has 0 spiro atoms. The van der Waals surface area contributed by atoms with Gasteiger partial charge in [-0.25, -0.2) is 31.7 Å². The number of ether oxygens (including phenoxy) is 3. The Hall–Kier alpha value is -3.02. The van der Waals surface area contributed by atoms with Crippen molar-refractivity contribution >= 4 is 26.0 Å². The van der Waals surface area contributed by atoms with Crippen molar-refractivity contribution in [3.63, 3.8) is 0 Å². The summed E-state index contributed by atoms with van der Waals surface area (Å²) in [6.07, 6.45) is 5.44. The summed E-state index contributed by atoms with van der Waals surface area (Å²) in [6, 6.07) is 6.03. The van der Waals surface area contributed by atoms with Crippen LogP contribution in [0.25, 0.3) is 0 Å². The van der Waals surface area contributed by atoms with Crippen molar-refractivity contribution in [2.75, 3.05) is 33.5 Å². The van der Waals surface area contributed by atoms with E-state index in [9.17, 15) is 21.6 Å². The number of rotatable bonds is 11. The predicted octanol–water partition coefficient (Wildman–Crippen LogP) is 1.43. The first-order valence-corrected chi connectivity index (χ1v) is 14.5. The minimum absolute atomic E-state index is 0.127. The van der Waals surface area contributed by atoms with Gasteiger partial charge in [0.05, 0.1) is 25.4 Å². The Balaban J connectivity index is 1.82.